The van der Waals surface area contributed by atoms with E-state index >= 15 is 0 Å². The van der Waals surface area contributed by atoms with Crippen molar-refractivity contribution in [2.24, 2.45) is 0 Å². The third kappa shape index (κ3) is 5.33. The second-order valence-corrected chi connectivity index (χ2v) is 8.11. The van der Waals surface area contributed by atoms with Crippen molar-refractivity contribution in [2.45, 2.75) is 18.6 Å². The summed E-state index contributed by atoms with van der Waals surface area (Å²) in [4.78, 5) is 4.82. The van der Waals surface area contributed by atoms with Gasteiger partial charge in [0.05, 0.1) is 31.3 Å². The molecule has 0 atom stereocenters. The zero-order valence-electron chi connectivity index (χ0n) is 17.8. The third-order valence-corrected chi connectivity index (χ3v) is 5.81. The molecule has 0 spiro atoms. The van der Waals surface area contributed by atoms with E-state index in [0.717, 1.165) is 39.2 Å². The van der Waals surface area contributed by atoms with Crippen LogP contribution in [0.2, 0.25) is 0 Å². The molecule has 0 aliphatic carbocycles. The summed E-state index contributed by atoms with van der Waals surface area (Å²) < 4.78 is 19.4. The highest BCUT2D eigenvalue weighted by molar-refractivity contribution is 7.99. The van der Waals surface area contributed by atoms with E-state index in [-0.39, 0.29) is 0 Å². The van der Waals surface area contributed by atoms with Crippen LogP contribution in [0.5, 0.6) is 17.2 Å². The molecule has 4 aromatic rings. The number of methoxy groups -OCH3 is 1. The van der Waals surface area contributed by atoms with Gasteiger partial charge in [0.25, 0.3) is 0 Å². The van der Waals surface area contributed by atoms with Gasteiger partial charge in [-0.15, -0.1) is 0 Å². The van der Waals surface area contributed by atoms with Gasteiger partial charge in [0.2, 0.25) is 0 Å². The van der Waals surface area contributed by atoms with Gasteiger partial charge in [0, 0.05) is 5.75 Å². The topological polar surface area (TPSA) is 45.5 Å². The number of fused-ring (bicyclic) bond motifs is 1. The fourth-order valence-corrected chi connectivity index (χ4v) is 4.15. The largest absolute Gasteiger partial charge is 0.493 e. The van der Waals surface area contributed by atoms with Crippen molar-refractivity contribution >= 4 is 22.8 Å². The maximum Gasteiger partial charge on any atom is 0.169 e. The van der Waals surface area contributed by atoms with Gasteiger partial charge in [-0.2, -0.15) is 0 Å². The van der Waals surface area contributed by atoms with Crippen molar-refractivity contribution < 1.29 is 14.2 Å². The SMILES string of the molecule is COc1ccccc1OCCn1c(SCCOc2ccc(C)cc2)nc2ccccc21. The van der Waals surface area contributed by atoms with Crippen LogP contribution < -0.4 is 14.2 Å². The summed E-state index contributed by atoms with van der Waals surface area (Å²) in [6.07, 6.45) is 0. The quantitative estimate of drug-likeness (QED) is 0.240. The zero-order chi connectivity index (χ0) is 21.5. The highest BCUT2D eigenvalue weighted by Crippen LogP contribution is 2.27. The second kappa shape index (κ2) is 10.3. The van der Waals surface area contributed by atoms with E-state index < -0.39 is 0 Å². The second-order valence-electron chi connectivity index (χ2n) is 7.04. The number of hydrogen-bond acceptors (Lipinski definition) is 5. The van der Waals surface area contributed by atoms with E-state index in [1.54, 1.807) is 18.9 Å². The lowest BCUT2D eigenvalue weighted by Gasteiger charge is -2.13. The number of benzene rings is 3. The zero-order valence-corrected chi connectivity index (χ0v) is 18.6. The molecule has 0 radical (unpaired) electrons. The molecule has 0 fully saturated rings. The van der Waals surface area contributed by atoms with Gasteiger partial charge >= 0.3 is 0 Å². The first kappa shape index (κ1) is 21.1. The van der Waals surface area contributed by atoms with Gasteiger partial charge in [-0.1, -0.05) is 53.7 Å². The van der Waals surface area contributed by atoms with Crippen LogP contribution in [0, 0.1) is 6.92 Å². The smallest absolute Gasteiger partial charge is 0.169 e. The Balaban J connectivity index is 1.40. The fraction of sp³-hybridized carbons (Fsp3) is 0.240. The van der Waals surface area contributed by atoms with Gasteiger partial charge in [-0.25, -0.2) is 4.98 Å². The Hall–Kier alpha value is -3.12. The van der Waals surface area contributed by atoms with E-state index in [4.69, 9.17) is 19.2 Å². The average Bonchev–Trinajstić information content (AvgIpc) is 3.16. The Morgan fingerprint density at radius 3 is 2.39 bits per heavy atom. The standard InChI is InChI=1S/C25H26N2O3S/c1-19-11-13-20(14-12-19)29-17-18-31-25-26-21-7-3-4-8-22(21)27(25)15-16-30-24-10-6-5-9-23(24)28-2/h3-14H,15-18H2,1-2H3. The summed E-state index contributed by atoms with van der Waals surface area (Å²) in [5, 5.41) is 0.970. The molecule has 5 nitrogen and oxygen atoms in total. The fourth-order valence-electron chi connectivity index (χ4n) is 3.29. The number of thioether (sulfide) groups is 1. The average molecular weight is 435 g/mol. The minimum absolute atomic E-state index is 0.522. The molecule has 3 aromatic carbocycles. The number of aryl methyl sites for hydroxylation is 1. The van der Waals surface area contributed by atoms with Crippen LogP contribution in [0.15, 0.2) is 78.0 Å². The lowest BCUT2D eigenvalue weighted by Crippen LogP contribution is -2.10. The molecule has 0 amide bonds. The minimum atomic E-state index is 0.522. The maximum atomic E-state index is 5.99. The predicted molar refractivity (Wildman–Crippen MR) is 126 cm³/mol. The molecule has 0 aliphatic rings. The number of nitrogens with zero attached hydrogens (tertiary/aromatic N) is 2. The molecular weight excluding hydrogens is 408 g/mol. The number of aromatic nitrogens is 2. The van der Waals surface area contributed by atoms with Crippen molar-refractivity contribution in [3.63, 3.8) is 0 Å². The minimum Gasteiger partial charge on any atom is -0.493 e. The molecule has 6 heteroatoms. The molecule has 1 heterocycles. The lowest BCUT2D eigenvalue weighted by atomic mass is 10.2. The van der Waals surface area contributed by atoms with Gasteiger partial charge in [0.1, 0.15) is 12.4 Å². The first-order valence-electron chi connectivity index (χ1n) is 10.3. The van der Waals surface area contributed by atoms with Crippen LogP contribution in [0.4, 0.5) is 0 Å². The van der Waals surface area contributed by atoms with Crippen LogP contribution in [0.3, 0.4) is 0 Å². The maximum absolute atomic E-state index is 5.99. The highest BCUT2D eigenvalue weighted by atomic mass is 32.2. The van der Waals surface area contributed by atoms with E-state index in [1.807, 2.05) is 54.6 Å². The number of imidazole rings is 1. The Morgan fingerprint density at radius 2 is 1.58 bits per heavy atom. The van der Waals surface area contributed by atoms with Crippen LogP contribution >= 0.6 is 11.8 Å². The van der Waals surface area contributed by atoms with Crippen LogP contribution in [0.25, 0.3) is 11.0 Å². The van der Waals surface area contributed by atoms with E-state index in [2.05, 4.69) is 29.7 Å². The molecule has 0 N–H and O–H groups in total. The van der Waals surface area contributed by atoms with E-state index in [0.29, 0.717) is 19.8 Å². The molecule has 0 bridgehead atoms. The Bertz CT molecular complexity index is 1130. The number of ether oxygens (including phenoxy) is 3. The monoisotopic (exact) mass is 434 g/mol. The summed E-state index contributed by atoms with van der Waals surface area (Å²) >= 11 is 1.70. The van der Waals surface area contributed by atoms with Gasteiger partial charge < -0.3 is 18.8 Å². The summed E-state index contributed by atoms with van der Waals surface area (Å²) in [6, 6.07) is 24.0. The van der Waals surface area contributed by atoms with Crippen molar-refractivity contribution in [3.05, 3.63) is 78.4 Å². The highest BCUT2D eigenvalue weighted by Gasteiger charge is 2.12. The molecule has 4 rings (SSSR count). The molecule has 0 saturated heterocycles. The van der Waals surface area contributed by atoms with Gasteiger partial charge in [-0.05, 0) is 43.3 Å². The number of rotatable bonds is 10. The van der Waals surface area contributed by atoms with Crippen molar-refractivity contribution in [1.29, 1.82) is 0 Å². The molecular formula is C25H26N2O3S. The van der Waals surface area contributed by atoms with Gasteiger partial charge in [-0.3, -0.25) is 0 Å². The first-order valence-corrected chi connectivity index (χ1v) is 11.3. The summed E-state index contributed by atoms with van der Waals surface area (Å²) in [5.74, 6) is 3.19. The summed E-state index contributed by atoms with van der Waals surface area (Å²) in [5.41, 5.74) is 3.32. The van der Waals surface area contributed by atoms with Crippen molar-refractivity contribution in [1.82, 2.24) is 9.55 Å². The van der Waals surface area contributed by atoms with E-state index in [9.17, 15) is 0 Å². The molecule has 1 aromatic heterocycles. The van der Waals surface area contributed by atoms with Crippen molar-refractivity contribution in [2.75, 3.05) is 26.1 Å². The summed E-state index contributed by atoms with van der Waals surface area (Å²) in [7, 11) is 1.65. The molecule has 0 aliphatic heterocycles. The molecule has 0 saturated carbocycles. The van der Waals surface area contributed by atoms with Crippen LogP contribution in [0.1, 0.15) is 5.56 Å². The Kier molecular flexibility index (Phi) is 6.99. The predicted octanol–water partition coefficient (Wildman–Crippen LogP) is 5.60. The molecule has 160 valence electrons. The van der Waals surface area contributed by atoms with Crippen LogP contribution in [-0.4, -0.2) is 35.6 Å². The lowest BCUT2D eigenvalue weighted by molar-refractivity contribution is 0.277. The van der Waals surface area contributed by atoms with Crippen LogP contribution in [-0.2, 0) is 6.54 Å². The number of hydrogen-bond donors (Lipinski definition) is 0. The summed E-state index contributed by atoms with van der Waals surface area (Å²) in [6.45, 7) is 3.91. The Morgan fingerprint density at radius 1 is 0.839 bits per heavy atom. The normalized spacial score (nSPS) is 10.9. The molecule has 31 heavy (non-hydrogen) atoms. The Labute approximate surface area is 187 Å². The molecule has 0 unspecified atom stereocenters. The van der Waals surface area contributed by atoms with E-state index in [1.165, 1.54) is 5.56 Å². The van der Waals surface area contributed by atoms with Gasteiger partial charge in [0.15, 0.2) is 16.7 Å². The van der Waals surface area contributed by atoms with Crippen molar-refractivity contribution in [3.8, 4) is 17.2 Å². The third-order valence-electron chi connectivity index (χ3n) is 4.87. The first-order chi connectivity index (χ1) is 15.2. The number of para-hydroxylation sites is 4.